The number of carbonyl (C=O) groups excluding carboxylic acids is 1. The van der Waals surface area contributed by atoms with Crippen molar-refractivity contribution >= 4 is 5.97 Å². The van der Waals surface area contributed by atoms with Crippen molar-refractivity contribution in [3.63, 3.8) is 0 Å². The molecule has 3 unspecified atom stereocenters. The highest BCUT2D eigenvalue weighted by atomic mass is 16.5. The SMILES string of the molecule is COC(=O)c1ccc(C2CC(N(Cc3ccccc3)Cc3ccccc3)C3CCCCN23)cc1. The number of esters is 1. The van der Waals surface area contributed by atoms with E-state index in [9.17, 15) is 4.79 Å². The number of carbonyl (C=O) groups is 1. The topological polar surface area (TPSA) is 32.8 Å². The van der Waals surface area contributed by atoms with Crippen LogP contribution in [0.4, 0.5) is 0 Å². The van der Waals surface area contributed by atoms with Gasteiger partial charge in [-0.2, -0.15) is 0 Å². The van der Waals surface area contributed by atoms with Crippen molar-refractivity contribution in [2.75, 3.05) is 13.7 Å². The molecule has 2 fully saturated rings. The number of rotatable bonds is 7. The van der Waals surface area contributed by atoms with Crippen molar-refractivity contribution in [2.24, 2.45) is 0 Å². The number of nitrogens with zero attached hydrogens (tertiary/aromatic N) is 2. The average molecular weight is 455 g/mol. The van der Waals surface area contributed by atoms with Crippen LogP contribution in [0.2, 0.25) is 0 Å². The van der Waals surface area contributed by atoms with E-state index in [2.05, 4.69) is 82.6 Å². The van der Waals surface area contributed by atoms with E-state index in [1.165, 1.54) is 43.1 Å². The van der Waals surface area contributed by atoms with Gasteiger partial charge in [0.25, 0.3) is 0 Å². The van der Waals surface area contributed by atoms with Crippen LogP contribution in [0.3, 0.4) is 0 Å². The predicted molar refractivity (Wildman–Crippen MR) is 135 cm³/mol. The first kappa shape index (κ1) is 22.8. The molecule has 3 atom stereocenters. The van der Waals surface area contributed by atoms with Gasteiger partial charge in [0.2, 0.25) is 0 Å². The lowest BCUT2D eigenvalue weighted by molar-refractivity contribution is 0.0600. The summed E-state index contributed by atoms with van der Waals surface area (Å²) in [5, 5.41) is 0. The van der Waals surface area contributed by atoms with Gasteiger partial charge >= 0.3 is 5.97 Å². The Labute approximate surface area is 203 Å². The van der Waals surface area contributed by atoms with E-state index < -0.39 is 0 Å². The molecule has 0 saturated carbocycles. The van der Waals surface area contributed by atoms with Crippen molar-refractivity contribution in [3.05, 3.63) is 107 Å². The number of fused-ring (bicyclic) bond motifs is 1. The first-order chi connectivity index (χ1) is 16.7. The fourth-order valence-corrected chi connectivity index (χ4v) is 5.91. The fraction of sp³-hybridized carbons (Fsp3) is 0.367. The first-order valence-corrected chi connectivity index (χ1v) is 12.5. The Hall–Kier alpha value is -2.95. The zero-order chi connectivity index (χ0) is 23.3. The van der Waals surface area contributed by atoms with E-state index in [0.29, 0.717) is 23.7 Å². The molecule has 5 rings (SSSR count). The molecule has 0 N–H and O–H groups in total. The molecule has 0 radical (unpaired) electrons. The Morgan fingerprint density at radius 3 is 2.09 bits per heavy atom. The lowest BCUT2D eigenvalue weighted by Crippen LogP contribution is -2.46. The molecule has 2 heterocycles. The normalized spacial score (nSPS) is 22.5. The van der Waals surface area contributed by atoms with Crippen LogP contribution in [-0.2, 0) is 17.8 Å². The Morgan fingerprint density at radius 1 is 0.882 bits per heavy atom. The van der Waals surface area contributed by atoms with Gasteiger partial charge in [0, 0.05) is 31.2 Å². The lowest BCUT2D eigenvalue weighted by Gasteiger charge is -2.39. The van der Waals surface area contributed by atoms with Crippen LogP contribution in [0.1, 0.15) is 58.8 Å². The lowest BCUT2D eigenvalue weighted by atomic mass is 9.96. The smallest absolute Gasteiger partial charge is 0.337 e. The average Bonchev–Trinajstić information content (AvgIpc) is 3.29. The van der Waals surface area contributed by atoms with Gasteiger partial charge in [-0.15, -0.1) is 0 Å². The van der Waals surface area contributed by atoms with Crippen LogP contribution in [-0.4, -0.2) is 41.5 Å². The third-order valence-electron chi connectivity index (χ3n) is 7.54. The fourth-order valence-electron chi connectivity index (χ4n) is 5.91. The number of hydrogen-bond acceptors (Lipinski definition) is 4. The second-order valence-electron chi connectivity index (χ2n) is 9.61. The van der Waals surface area contributed by atoms with Gasteiger partial charge in [-0.1, -0.05) is 79.2 Å². The minimum absolute atomic E-state index is 0.274. The summed E-state index contributed by atoms with van der Waals surface area (Å²) in [6.45, 7) is 3.06. The molecule has 34 heavy (non-hydrogen) atoms. The molecule has 2 aliphatic heterocycles. The highest BCUT2D eigenvalue weighted by molar-refractivity contribution is 5.89. The summed E-state index contributed by atoms with van der Waals surface area (Å²) in [5.41, 5.74) is 4.66. The molecule has 3 aromatic carbocycles. The summed E-state index contributed by atoms with van der Waals surface area (Å²) in [7, 11) is 1.43. The van der Waals surface area contributed by atoms with E-state index in [1.54, 1.807) is 0 Å². The van der Waals surface area contributed by atoms with Crippen molar-refractivity contribution < 1.29 is 9.53 Å². The van der Waals surface area contributed by atoms with Gasteiger partial charge < -0.3 is 4.74 Å². The maximum absolute atomic E-state index is 11.9. The monoisotopic (exact) mass is 454 g/mol. The maximum Gasteiger partial charge on any atom is 0.337 e. The molecular weight excluding hydrogens is 420 g/mol. The van der Waals surface area contributed by atoms with E-state index in [0.717, 1.165) is 26.1 Å². The van der Waals surface area contributed by atoms with Gasteiger partial charge in [-0.25, -0.2) is 4.79 Å². The molecule has 0 spiro atoms. The Balaban J connectivity index is 1.43. The molecular formula is C30H34N2O2. The summed E-state index contributed by atoms with van der Waals surface area (Å²) in [4.78, 5) is 17.4. The summed E-state index contributed by atoms with van der Waals surface area (Å²) in [6, 6.07) is 31.3. The number of hydrogen-bond donors (Lipinski definition) is 0. The summed E-state index contributed by atoms with van der Waals surface area (Å²) < 4.78 is 4.89. The molecule has 4 heteroatoms. The molecule has 0 bridgehead atoms. The standard InChI is InChI=1S/C30H34N2O2/c1-34-30(33)26-17-15-25(16-18-26)28-20-29(27-14-8-9-19-32(27)28)31(21-23-10-4-2-5-11-23)22-24-12-6-3-7-13-24/h2-7,10-13,15-18,27-29H,8-9,14,19-22H2,1H3. The molecule has 176 valence electrons. The molecule has 2 saturated heterocycles. The van der Waals surface area contributed by atoms with Crippen LogP contribution in [0.5, 0.6) is 0 Å². The summed E-state index contributed by atoms with van der Waals surface area (Å²) in [5.74, 6) is -0.274. The van der Waals surface area contributed by atoms with Gasteiger partial charge in [0.05, 0.1) is 12.7 Å². The largest absolute Gasteiger partial charge is 0.465 e. The van der Waals surface area contributed by atoms with Gasteiger partial charge in [-0.3, -0.25) is 9.80 Å². The zero-order valence-electron chi connectivity index (χ0n) is 20.0. The Kier molecular flexibility index (Phi) is 7.08. The van der Waals surface area contributed by atoms with Crippen molar-refractivity contribution in [3.8, 4) is 0 Å². The summed E-state index contributed by atoms with van der Waals surface area (Å²) >= 11 is 0. The highest BCUT2D eigenvalue weighted by Crippen LogP contribution is 2.43. The third kappa shape index (κ3) is 4.94. The quantitative estimate of drug-likeness (QED) is 0.420. The van der Waals surface area contributed by atoms with Gasteiger partial charge in [0.15, 0.2) is 0 Å². The minimum atomic E-state index is -0.274. The number of benzene rings is 3. The van der Waals surface area contributed by atoms with Crippen molar-refractivity contribution in [1.29, 1.82) is 0 Å². The number of methoxy groups -OCH3 is 1. The van der Waals surface area contributed by atoms with Crippen molar-refractivity contribution in [1.82, 2.24) is 9.80 Å². The van der Waals surface area contributed by atoms with Gasteiger partial charge in [-0.05, 0) is 54.6 Å². The van der Waals surface area contributed by atoms with Gasteiger partial charge in [0.1, 0.15) is 0 Å². The van der Waals surface area contributed by atoms with E-state index in [1.807, 2.05) is 12.1 Å². The van der Waals surface area contributed by atoms with Crippen LogP contribution >= 0.6 is 0 Å². The molecule has 4 nitrogen and oxygen atoms in total. The van der Waals surface area contributed by atoms with Crippen LogP contribution < -0.4 is 0 Å². The van der Waals surface area contributed by atoms with E-state index in [-0.39, 0.29) is 5.97 Å². The predicted octanol–water partition coefficient (Wildman–Crippen LogP) is 5.84. The molecule has 3 aromatic rings. The first-order valence-electron chi connectivity index (χ1n) is 12.5. The molecule has 0 amide bonds. The maximum atomic E-state index is 11.9. The molecule has 0 aliphatic carbocycles. The Morgan fingerprint density at radius 2 is 1.50 bits per heavy atom. The van der Waals surface area contributed by atoms with Crippen LogP contribution in [0.25, 0.3) is 0 Å². The molecule has 2 aliphatic rings. The minimum Gasteiger partial charge on any atom is -0.465 e. The zero-order valence-corrected chi connectivity index (χ0v) is 20.0. The van der Waals surface area contributed by atoms with Crippen LogP contribution in [0.15, 0.2) is 84.9 Å². The second-order valence-corrected chi connectivity index (χ2v) is 9.61. The second kappa shape index (κ2) is 10.5. The van der Waals surface area contributed by atoms with E-state index >= 15 is 0 Å². The highest BCUT2D eigenvalue weighted by Gasteiger charge is 2.45. The third-order valence-corrected chi connectivity index (χ3v) is 7.54. The van der Waals surface area contributed by atoms with Crippen LogP contribution in [0, 0.1) is 0 Å². The van der Waals surface area contributed by atoms with Crippen molar-refractivity contribution in [2.45, 2.75) is 56.9 Å². The summed E-state index contributed by atoms with van der Waals surface area (Å²) in [6.07, 6.45) is 4.93. The number of piperidine rings is 1. The van der Waals surface area contributed by atoms with E-state index in [4.69, 9.17) is 4.74 Å². The Bertz CT molecular complexity index is 1030. The molecule has 0 aromatic heterocycles. The number of ether oxygens (including phenoxy) is 1.